The summed E-state index contributed by atoms with van der Waals surface area (Å²) in [6.45, 7) is 1.54. The molecule has 1 aliphatic heterocycles. The van der Waals surface area contributed by atoms with Gasteiger partial charge in [-0.1, -0.05) is 18.2 Å². The summed E-state index contributed by atoms with van der Waals surface area (Å²) in [6, 6.07) is 6.86. The highest BCUT2D eigenvalue weighted by molar-refractivity contribution is 5.89. The topological polar surface area (TPSA) is 55.8 Å². The summed E-state index contributed by atoms with van der Waals surface area (Å²) in [5.74, 6) is -0.918. The second-order valence-corrected chi connectivity index (χ2v) is 3.43. The Hall–Kier alpha value is -1.39. The zero-order chi connectivity index (χ0) is 10.7. The first kappa shape index (κ1) is 10.1. The molecular weight excluding hydrogens is 196 g/mol. The van der Waals surface area contributed by atoms with E-state index in [1.54, 1.807) is 18.2 Å². The fraction of sp³-hybridized carbons (Fsp3) is 0.364. The smallest absolute Gasteiger partial charge is 0.336 e. The van der Waals surface area contributed by atoms with Gasteiger partial charge in [0.2, 0.25) is 0 Å². The first-order valence-corrected chi connectivity index (χ1v) is 4.78. The van der Waals surface area contributed by atoms with Crippen molar-refractivity contribution in [3.63, 3.8) is 0 Å². The van der Waals surface area contributed by atoms with Gasteiger partial charge in [0.05, 0.1) is 25.4 Å². The summed E-state index contributed by atoms with van der Waals surface area (Å²) in [6.07, 6.45) is 0.117. The molecule has 1 heterocycles. The molecule has 2 rings (SSSR count). The number of ether oxygens (including phenoxy) is 2. The monoisotopic (exact) mass is 208 g/mol. The zero-order valence-corrected chi connectivity index (χ0v) is 8.18. The lowest BCUT2D eigenvalue weighted by atomic mass is 10.1. The summed E-state index contributed by atoms with van der Waals surface area (Å²) < 4.78 is 10.4. The van der Waals surface area contributed by atoms with Gasteiger partial charge in [0, 0.05) is 0 Å². The molecule has 0 saturated carbocycles. The van der Waals surface area contributed by atoms with Crippen LogP contribution in [0.1, 0.15) is 15.9 Å². The summed E-state index contributed by atoms with van der Waals surface area (Å²) in [4.78, 5) is 10.9. The maximum Gasteiger partial charge on any atom is 0.336 e. The van der Waals surface area contributed by atoms with Crippen molar-refractivity contribution in [2.75, 3.05) is 13.2 Å². The summed E-state index contributed by atoms with van der Waals surface area (Å²) in [5, 5.41) is 8.92. The molecule has 0 atom stereocenters. The van der Waals surface area contributed by atoms with Gasteiger partial charge in [0.1, 0.15) is 6.10 Å². The molecule has 0 bridgehead atoms. The van der Waals surface area contributed by atoms with E-state index in [1.807, 2.05) is 6.07 Å². The molecule has 4 heteroatoms. The van der Waals surface area contributed by atoms with E-state index in [-0.39, 0.29) is 6.10 Å². The molecule has 0 amide bonds. The maximum atomic E-state index is 10.9. The second-order valence-electron chi connectivity index (χ2n) is 3.43. The number of hydrogen-bond acceptors (Lipinski definition) is 3. The van der Waals surface area contributed by atoms with Gasteiger partial charge in [-0.15, -0.1) is 0 Å². The fourth-order valence-corrected chi connectivity index (χ4v) is 1.37. The molecule has 0 spiro atoms. The molecule has 4 nitrogen and oxygen atoms in total. The fourth-order valence-electron chi connectivity index (χ4n) is 1.37. The van der Waals surface area contributed by atoms with Crippen molar-refractivity contribution in [3.8, 4) is 0 Å². The van der Waals surface area contributed by atoms with Crippen LogP contribution in [0.5, 0.6) is 0 Å². The largest absolute Gasteiger partial charge is 0.478 e. The quantitative estimate of drug-likeness (QED) is 0.810. The number of rotatable bonds is 4. The van der Waals surface area contributed by atoms with E-state index in [1.165, 1.54) is 0 Å². The highest BCUT2D eigenvalue weighted by Gasteiger charge is 2.19. The second kappa shape index (κ2) is 4.42. The molecule has 0 aromatic heterocycles. The lowest BCUT2D eigenvalue weighted by Gasteiger charge is -2.26. The van der Waals surface area contributed by atoms with Crippen LogP contribution >= 0.6 is 0 Å². The molecule has 1 saturated heterocycles. The molecule has 1 aromatic rings. The Morgan fingerprint density at radius 2 is 2.20 bits per heavy atom. The zero-order valence-electron chi connectivity index (χ0n) is 8.18. The van der Waals surface area contributed by atoms with E-state index in [0.29, 0.717) is 30.9 Å². The summed E-state index contributed by atoms with van der Waals surface area (Å²) in [5.41, 5.74) is 1.01. The van der Waals surface area contributed by atoms with Gasteiger partial charge >= 0.3 is 5.97 Å². The molecule has 0 radical (unpaired) electrons. The normalized spacial score (nSPS) is 16.0. The predicted molar refractivity (Wildman–Crippen MR) is 52.8 cm³/mol. The van der Waals surface area contributed by atoms with Crippen LogP contribution in [-0.2, 0) is 16.1 Å². The van der Waals surface area contributed by atoms with Crippen molar-refractivity contribution in [2.24, 2.45) is 0 Å². The van der Waals surface area contributed by atoms with Gasteiger partial charge in [-0.3, -0.25) is 0 Å². The Morgan fingerprint density at radius 3 is 2.80 bits per heavy atom. The van der Waals surface area contributed by atoms with Crippen LogP contribution in [0.15, 0.2) is 24.3 Å². The van der Waals surface area contributed by atoms with Crippen LogP contribution in [0.25, 0.3) is 0 Å². The highest BCUT2D eigenvalue weighted by atomic mass is 16.6. The number of aromatic carboxylic acids is 1. The highest BCUT2D eigenvalue weighted by Crippen LogP contribution is 2.13. The number of hydrogen-bond donors (Lipinski definition) is 1. The molecule has 80 valence electrons. The minimum Gasteiger partial charge on any atom is -0.478 e. The molecule has 1 aromatic carbocycles. The van der Waals surface area contributed by atoms with E-state index in [9.17, 15) is 4.79 Å². The SMILES string of the molecule is O=C(O)c1ccccc1COC1COC1. The Kier molecular flexibility index (Phi) is 2.99. The van der Waals surface area contributed by atoms with Crippen molar-refractivity contribution in [1.29, 1.82) is 0 Å². The maximum absolute atomic E-state index is 10.9. The number of benzene rings is 1. The Bertz CT molecular complexity index is 357. The van der Waals surface area contributed by atoms with Crippen LogP contribution in [-0.4, -0.2) is 30.4 Å². The molecule has 1 fully saturated rings. The minimum absolute atomic E-state index is 0.117. The Morgan fingerprint density at radius 1 is 1.47 bits per heavy atom. The Labute approximate surface area is 87.4 Å². The standard InChI is InChI=1S/C11H12O4/c12-11(13)10-4-2-1-3-8(10)5-15-9-6-14-7-9/h1-4,9H,5-7H2,(H,12,13). The van der Waals surface area contributed by atoms with Crippen LogP contribution in [0.2, 0.25) is 0 Å². The van der Waals surface area contributed by atoms with Crippen molar-refractivity contribution in [3.05, 3.63) is 35.4 Å². The van der Waals surface area contributed by atoms with Gasteiger partial charge in [-0.05, 0) is 11.6 Å². The number of carboxylic acids is 1. The Balaban J connectivity index is 2.02. The van der Waals surface area contributed by atoms with Crippen LogP contribution in [0, 0.1) is 0 Å². The number of carboxylic acid groups (broad SMARTS) is 1. The average Bonchev–Trinajstić information content (AvgIpc) is 2.16. The van der Waals surface area contributed by atoms with Crippen LogP contribution in [0.3, 0.4) is 0 Å². The van der Waals surface area contributed by atoms with E-state index in [2.05, 4.69) is 0 Å². The van der Waals surface area contributed by atoms with Crippen LogP contribution < -0.4 is 0 Å². The van der Waals surface area contributed by atoms with Gasteiger partial charge < -0.3 is 14.6 Å². The van der Waals surface area contributed by atoms with Gasteiger partial charge in [0.25, 0.3) is 0 Å². The van der Waals surface area contributed by atoms with Gasteiger partial charge in [-0.25, -0.2) is 4.79 Å². The number of carbonyl (C=O) groups is 1. The first-order valence-electron chi connectivity index (χ1n) is 4.78. The summed E-state index contributed by atoms with van der Waals surface area (Å²) in [7, 11) is 0. The molecule has 15 heavy (non-hydrogen) atoms. The van der Waals surface area contributed by atoms with E-state index in [4.69, 9.17) is 14.6 Å². The van der Waals surface area contributed by atoms with Crippen LogP contribution in [0.4, 0.5) is 0 Å². The van der Waals surface area contributed by atoms with Crippen molar-refractivity contribution in [1.82, 2.24) is 0 Å². The predicted octanol–water partition coefficient (Wildman–Crippen LogP) is 1.30. The lowest BCUT2D eigenvalue weighted by Crippen LogP contribution is -2.35. The third-order valence-corrected chi connectivity index (χ3v) is 2.33. The van der Waals surface area contributed by atoms with Crippen molar-refractivity contribution >= 4 is 5.97 Å². The van der Waals surface area contributed by atoms with Gasteiger partial charge in [-0.2, -0.15) is 0 Å². The summed E-state index contributed by atoms with van der Waals surface area (Å²) >= 11 is 0. The molecule has 0 aliphatic carbocycles. The van der Waals surface area contributed by atoms with Gasteiger partial charge in [0.15, 0.2) is 0 Å². The van der Waals surface area contributed by atoms with Crippen molar-refractivity contribution in [2.45, 2.75) is 12.7 Å². The third-order valence-electron chi connectivity index (χ3n) is 2.33. The minimum atomic E-state index is -0.918. The molecule has 1 N–H and O–H groups in total. The van der Waals surface area contributed by atoms with E-state index in [0.717, 1.165) is 0 Å². The third kappa shape index (κ3) is 2.34. The van der Waals surface area contributed by atoms with E-state index >= 15 is 0 Å². The lowest BCUT2D eigenvalue weighted by molar-refractivity contribution is -0.135. The van der Waals surface area contributed by atoms with Crippen molar-refractivity contribution < 1.29 is 19.4 Å². The molecule has 1 aliphatic rings. The van der Waals surface area contributed by atoms with E-state index < -0.39 is 5.97 Å². The molecular formula is C11H12O4. The average molecular weight is 208 g/mol. The first-order chi connectivity index (χ1) is 7.27. The molecule has 0 unspecified atom stereocenters.